The molecule has 0 unspecified atom stereocenters. The number of amides is 2. The quantitative estimate of drug-likeness (QED) is 0.781. The fraction of sp³-hybridized carbons (Fsp3) is 0.550. The van der Waals surface area contributed by atoms with E-state index in [0.717, 1.165) is 12.1 Å². The fourth-order valence-corrected chi connectivity index (χ4v) is 2.92. The summed E-state index contributed by atoms with van der Waals surface area (Å²) < 4.78 is 49.1. The predicted octanol–water partition coefficient (Wildman–Crippen LogP) is 4.20. The van der Waals surface area contributed by atoms with Gasteiger partial charge in [0, 0.05) is 19.1 Å². The summed E-state index contributed by atoms with van der Waals surface area (Å²) in [6.45, 7) is 5.55. The van der Waals surface area contributed by atoms with Gasteiger partial charge in [-0.1, -0.05) is 0 Å². The van der Waals surface area contributed by atoms with Gasteiger partial charge < -0.3 is 19.7 Å². The number of hydrogen-bond donors (Lipinski definition) is 1. The second-order valence-corrected chi connectivity index (χ2v) is 7.99. The number of likely N-dealkylation sites (tertiary alicyclic amines) is 1. The number of nitrogens with one attached hydrogen (secondary N) is 1. The number of carbonyl (C=O) groups excluding carboxylic acids is 2. The lowest BCUT2D eigenvalue weighted by Gasteiger charge is -2.32. The third-order valence-electron chi connectivity index (χ3n) is 4.29. The summed E-state index contributed by atoms with van der Waals surface area (Å²) in [6.07, 6.45) is -4.80. The number of hydrogen-bond acceptors (Lipinski definition) is 5. The summed E-state index contributed by atoms with van der Waals surface area (Å²) in [7, 11) is 0. The summed E-state index contributed by atoms with van der Waals surface area (Å²) in [5.41, 5.74) is -1.66. The zero-order valence-electron chi connectivity index (χ0n) is 17.0. The summed E-state index contributed by atoms with van der Waals surface area (Å²) >= 11 is 0. The number of carbonyl (C=O) groups is 2. The number of alkyl halides is 3. The Labute approximate surface area is 172 Å². The molecule has 1 N–H and O–H groups in total. The number of alkyl carbamates (subject to hydrolysis) is 1. The number of halogens is 3. The zero-order valence-corrected chi connectivity index (χ0v) is 17.0. The van der Waals surface area contributed by atoms with Crippen molar-refractivity contribution in [1.29, 1.82) is 5.26 Å². The molecule has 164 valence electrons. The van der Waals surface area contributed by atoms with Crippen molar-refractivity contribution in [1.82, 2.24) is 10.2 Å². The molecule has 1 fully saturated rings. The van der Waals surface area contributed by atoms with Crippen molar-refractivity contribution in [3.8, 4) is 6.07 Å². The first-order chi connectivity index (χ1) is 13.9. The monoisotopic (exact) mass is 427 g/mol. The minimum atomic E-state index is -4.60. The molecule has 1 aromatic rings. The Morgan fingerprint density at radius 3 is 2.37 bits per heavy atom. The molecular weight excluding hydrogens is 403 g/mol. The molecule has 0 saturated carbocycles. The van der Waals surface area contributed by atoms with Crippen LogP contribution in [0.1, 0.15) is 50.3 Å². The lowest BCUT2D eigenvalue weighted by Crippen LogP contribution is -2.47. The van der Waals surface area contributed by atoms with Gasteiger partial charge in [0.05, 0.1) is 17.2 Å². The molecule has 0 aromatic heterocycles. The molecule has 10 heteroatoms. The van der Waals surface area contributed by atoms with E-state index in [0.29, 0.717) is 25.9 Å². The van der Waals surface area contributed by atoms with E-state index in [-0.39, 0.29) is 23.8 Å². The van der Waals surface area contributed by atoms with E-state index in [2.05, 4.69) is 5.32 Å². The molecular formula is C20H24F3N3O4. The fourth-order valence-electron chi connectivity index (χ4n) is 2.92. The van der Waals surface area contributed by atoms with Crippen molar-refractivity contribution in [2.24, 2.45) is 0 Å². The first-order valence-electron chi connectivity index (χ1n) is 9.40. The Morgan fingerprint density at radius 2 is 1.83 bits per heavy atom. The van der Waals surface area contributed by atoms with E-state index < -0.39 is 29.5 Å². The molecule has 2 rings (SSSR count). The Balaban J connectivity index is 1.86. The standard InChI is InChI=1S/C20H24F3N3O4/c1-19(2,3)30-17(27)25-16-4-6-26(7-5-16)18(28)29-12-14-8-13(11-24)9-15(10-14)20(21,22)23/h8-10,16H,4-7,12H2,1-3H3,(H,25,27). The topological polar surface area (TPSA) is 91.7 Å². The van der Waals surface area contributed by atoms with Crippen molar-refractivity contribution in [2.45, 2.75) is 58.0 Å². The highest BCUT2D eigenvalue weighted by atomic mass is 19.4. The van der Waals surface area contributed by atoms with E-state index in [9.17, 15) is 22.8 Å². The Hall–Kier alpha value is -2.96. The second-order valence-electron chi connectivity index (χ2n) is 7.99. The lowest BCUT2D eigenvalue weighted by molar-refractivity contribution is -0.137. The summed E-state index contributed by atoms with van der Waals surface area (Å²) in [4.78, 5) is 25.5. The molecule has 1 aliphatic heterocycles. The van der Waals surface area contributed by atoms with Gasteiger partial charge in [-0.05, 0) is 57.4 Å². The van der Waals surface area contributed by atoms with Crippen LogP contribution in [-0.4, -0.2) is 41.8 Å². The van der Waals surface area contributed by atoms with E-state index in [1.165, 1.54) is 11.0 Å². The van der Waals surface area contributed by atoms with Crippen LogP contribution in [0.4, 0.5) is 22.8 Å². The molecule has 0 spiro atoms. The van der Waals surface area contributed by atoms with Crippen molar-refractivity contribution < 1.29 is 32.2 Å². The number of nitrogens with zero attached hydrogens (tertiary/aromatic N) is 2. The third kappa shape index (κ3) is 7.13. The average Bonchev–Trinajstić information content (AvgIpc) is 2.64. The van der Waals surface area contributed by atoms with E-state index in [1.54, 1.807) is 26.8 Å². The zero-order chi connectivity index (χ0) is 22.5. The van der Waals surface area contributed by atoms with Crippen molar-refractivity contribution >= 4 is 12.2 Å². The lowest BCUT2D eigenvalue weighted by atomic mass is 10.1. The Kier molecular flexibility index (Phi) is 7.18. The molecule has 0 radical (unpaired) electrons. The smallest absolute Gasteiger partial charge is 0.416 e. The van der Waals surface area contributed by atoms with Crippen LogP contribution in [0, 0.1) is 11.3 Å². The highest BCUT2D eigenvalue weighted by Gasteiger charge is 2.31. The molecule has 0 bridgehead atoms. The van der Waals surface area contributed by atoms with Crippen molar-refractivity contribution in [3.05, 3.63) is 34.9 Å². The van der Waals surface area contributed by atoms with E-state index in [4.69, 9.17) is 14.7 Å². The highest BCUT2D eigenvalue weighted by molar-refractivity contribution is 5.69. The van der Waals surface area contributed by atoms with Crippen LogP contribution < -0.4 is 5.32 Å². The normalized spacial score (nSPS) is 15.3. The first kappa shape index (κ1) is 23.3. The largest absolute Gasteiger partial charge is 0.445 e. The van der Waals surface area contributed by atoms with Gasteiger partial charge in [-0.15, -0.1) is 0 Å². The Morgan fingerprint density at radius 1 is 1.20 bits per heavy atom. The molecule has 0 atom stereocenters. The SMILES string of the molecule is CC(C)(C)OC(=O)NC1CCN(C(=O)OCc2cc(C#N)cc(C(F)(F)F)c2)CC1. The van der Waals surface area contributed by atoms with Gasteiger partial charge >= 0.3 is 18.4 Å². The Bertz CT molecular complexity index is 820. The van der Waals surface area contributed by atoms with Gasteiger partial charge in [-0.3, -0.25) is 0 Å². The van der Waals surface area contributed by atoms with Gasteiger partial charge in [-0.2, -0.15) is 18.4 Å². The van der Waals surface area contributed by atoms with E-state index >= 15 is 0 Å². The molecule has 7 nitrogen and oxygen atoms in total. The second kappa shape index (κ2) is 9.24. The first-order valence-corrected chi connectivity index (χ1v) is 9.40. The summed E-state index contributed by atoms with van der Waals surface area (Å²) in [6, 6.07) is 4.37. The van der Waals surface area contributed by atoms with Crippen LogP contribution in [0.15, 0.2) is 18.2 Å². The molecule has 0 aliphatic carbocycles. The van der Waals surface area contributed by atoms with Crippen LogP contribution in [0.2, 0.25) is 0 Å². The minimum absolute atomic E-state index is 0.0798. The maximum absolute atomic E-state index is 12.9. The molecule has 1 aliphatic rings. The van der Waals surface area contributed by atoms with Gasteiger partial charge in [0.1, 0.15) is 12.2 Å². The molecule has 2 amide bonds. The maximum atomic E-state index is 12.9. The van der Waals surface area contributed by atoms with Gasteiger partial charge in [0.25, 0.3) is 0 Å². The van der Waals surface area contributed by atoms with Crippen LogP contribution in [0.5, 0.6) is 0 Å². The molecule has 1 saturated heterocycles. The number of benzene rings is 1. The number of ether oxygens (including phenoxy) is 2. The number of nitriles is 1. The molecule has 1 heterocycles. The molecule has 1 aromatic carbocycles. The molecule has 30 heavy (non-hydrogen) atoms. The van der Waals surface area contributed by atoms with Crippen molar-refractivity contribution in [2.75, 3.05) is 13.1 Å². The van der Waals surface area contributed by atoms with Gasteiger partial charge in [0.2, 0.25) is 0 Å². The van der Waals surface area contributed by atoms with Crippen LogP contribution in [0.25, 0.3) is 0 Å². The third-order valence-corrected chi connectivity index (χ3v) is 4.29. The average molecular weight is 427 g/mol. The van der Waals surface area contributed by atoms with E-state index in [1.807, 2.05) is 0 Å². The number of rotatable bonds is 3. The van der Waals surface area contributed by atoms with Gasteiger partial charge in [-0.25, -0.2) is 9.59 Å². The number of piperidine rings is 1. The van der Waals surface area contributed by atoms with Crippen LogP contribution in [-0.2, 0) is 22.3 Å². The summed E-state index contributed by atoms with van der Waals surface area (Å²) in [5, 5.41) is 11.7. The van der Waals surface area contributed by atoms with Crippen LogP contribution in [0.3, 0.4) is 0 Å². The summed E-state index contributed by atoms with van der Waals surface area (Å²) in [5.74, 6) is 0. The maximum Gasteiger partial charge on any atom is 0.416 e. The van der Waals surface area contributed by atoms with Crippen molar-refractivity contribution in [3.63, 3.8) is 0 Å². The highest BCUT2D eigenvalue weighted by Crippen LogP contribution is 2.30. The van der Waals surface area contributed by atoms with Gasteiger partial charge in [0.15, 0.2) is 0 Å². The minimum Gasteiger partial charge on any atom is -0.445 e. The van der Waals surface area contributed by atoms with Crippen LogP contribution >= 0.6 is 0 Å². The predicted molar refractivity (Wildman–Crippen MR) is 100 cm³/mol.